The smallest absolute Gasteiger partial charge is 0.264 e. The van der Waals surface area contributed by atoms with Gasteiger partial charge in [0.1, 0.15) is 5.75 Å². The molecule has 0 aromatic heterocycles. The van der Waals surface area contributed by atoms with Crippen molar-refractivity contribution >= 4 is 33.2 Å². The third-order valence-corrected chi connectivity index (χ3v) is 11.9. The van der Waals surface area contributed by atoms with Crippen molar-refractivity contribution in [3.63, 3.8) is 0 Å². The minimum absolute atomic E-state index is 0.172. The number of allylic oxidation sites excluding steroid dienone is 1. The Morgan fingerprint density at radius 3 is 2.76 bits per heavy atom. The first-order valence-electron chi connectivity index (χ1n) is 14.9. The third kappa shape index (κ3) is 5.51. The number of anilines is 1. The monoisotopic (exact) mass is 598 g/mol. The van der Waals surface area contributed by atoms with Crippen LogP contribution in [0.4, 0.5) is 5.69 Å². The van der Waals surface area contributed by atoms with Crippen molar-refractivity contribution in [2.24, 2.45) is 11.8 Å². The van der Waals surface area contributed by atoms with Crippen LogP contribution in [0.2, 0.25) is 5.02 Å². The van der Waals surface area contributed by atoms with Crippen LogP contribution in [0.1, 0.15) is 73.4 Å². The van der Waals surface area contributed by atoms with Crippen molar-refractivity contribution in [1.29, 1.82) is 0 Å². The highest BCUT2D eigenvalue weighted by Crippen LogP contribution is 2.46. The van der Waals surface area contributed by atoms with Crippen LogP contribution < -0.4 is 14.4 Å². The first-order chi connectivity index (χ1) is 19.7. The van der Waals surface area contributed by atoms with Crippen LogP contribution in [-0.2, 0) is 21.9 Å². The molecule has 220 valence electrons. The number of aliphatic hydroxyl groups excluding tert-OH is 1. The lowest BCUT2D eigenvalue weighted by atomic mass is 9.68. The molecule has 2 aromatic rings. The molecule has 1 saturated carbocycles. The molecule has 0 saturated heterocycles. The van der Waals surface area contributed by atoms with Gasteiger partial charge in [-0.2, -0.15) is 0 Å². The predicted molar refractivity (Wildman–Crippen MR) is 161 cm³/mol. The van der Waals surface area contributed by atoms with Gasteiger partial charge in [0.25, 0.3) is 5.91 Å². The number of halogens is 1. The van der Waals surface area contributed by atoms with E-state index in [0.29, 0.717) is 44.1 Å². The van der Waals surface area contributed by atoms with Crippen molar-refractivity contribution in [2.45, 2.75) is 75.1 Å². The number of carbonyl (C=O) groups is 1. The van der Waals surface area contributed by atoms with Gasteiger partial charge >= 0.3 is 0 Å². The van der Waals surface area contributed by atoms with Gasteiger partial charge in [-0.05, 0) is 105 Å². The summed E-state index contributed by atoms with van der Waals surface area (Å²) in [5, 5.41) is 11.1. The summed E-state index contributed by atoms with van der Waals surface area (Å²) in [6, 6.07) is 11.4. The number of sulfonamides is 1. The van der Waals surface area contributed by atoms with Crippen molar-refractivity contribution in [3.05, 3.63) is 70.3 Å². The normalized spacial score (nSPS) is 32.0. The fourth-order valence-corrected chi connectivity index (χ4v) is 8.85. The molecule has 2 heterocycles. The summed E-state index contributed by atoms with van der Waals surface area (Å²) in [5.74, 6) is 0.541. The van der Waals surface area contributed by atoms with Crippen LogP contribution in [-0.4, -0.2) is 50.5 Å². The topological polar surface area (TPSA) is 95.9 Å². The van der Waals surface area contributed by atoms with E-state index >= 15 is 0 Å². The summed E-state index contributed by atoms with van der Waals surface area (Å²) in [6.07, 6.45) is 9.39. The van der Waals surface area contributed by atoms with Gasteiger partial charge < -0.3 is 14.7 Å². The first-order valence-corrected chi connectivity index (χ1v) is 16.8. The number of aliphatic hydroxyl groups is 1. The standard InChI is InChI=1S/C32H39ClN2O5S/c1-2-25-7-3-4-8-29(36)26-12-9-23(26)18-35-19-32(15-5-6-21-16-24(33)11-13-27(21)32)20-40-30-14-10-22(17-28(30)35)31(37)34-41(25,38)39/h3-4,10-11,13-14,16-17,23,25-26,29,36H,2,5-9,12,15,18-20H2,1H3,(H,34,37)/b4-3-/t23-,25-,26+,29-,32-/m0/s1. The zero-order valence-electron chi connectivity index (χ0n) is 23.5. The summed E-state index contributed by atoms with van der Waals surface area (Å²) in [5.41, 5.74) is 3.35. The lowest BCUT2D eigenvalue weighted by Crippen LogP contribution is -2.49. The molecule has 2 N–H and O–H groups in total. The molecule has 0 radical (unpaired) electrons. The van der Waals surface area contributed by atoms with Crippen LogP contribution in [0.25, 0.3) is 0 Å². The van der Waals surface area contributed by atoms with Crippen LogP contribution in [0.5, 0.6) is 5.75 Å². The Balaban J connectivity index is 1.42. The quantitative estimate of drug-likeness (QED) is 0.428. The van der Waals surface area contributed by atoms with Gasteiger partial charge in [0.2, 0.25) is 10.0 Å². The molecule has 6 rings (SSSR count). The van der Waals surface area contributed by atoms with E-state index in [2.05, 4.69) is 21.8 Å². The molecule has 1 spiro atoms. The molecule has 7 nitrogen and oxygen atoms in total. The van der Waals surface area contributed by atoms with Gasteiger partial charge in [-0.15, -0.1) is 0 Å². The number of fused-ring (bicyclic) bond motifs is 4. The van der Waals surface area contributed by atoms with E-state index in [1.165, 1.54) is 11.1 Å². The number of nitrogens with zero attached hydrogens (tertiary/aromatic N) is 1. The lowest BCUT2D eigenvalue weighted by Gasteiger charge is -2.45. The number of rotatable bonds is 1. The maximum atomic E-state index is 13.3. The Morgan fingerprint density at radius 2 is 1.98 bits per heavy atom. The number of nitrogens with one attached hydrogen (secondary N) is 1. The number of hydrogen-bond acceptors (Lipinski definition) is 6. The number of amides is 1. The minimum Gasteiger partial charge on any atom is -0.490 e. The summed E-state index contributed by atoms with van der Waals surface area (Å²) in [7, 11) is -3.89. The summed E-state index contributed by atoms with van der Waals surface area (Å²) >= 11 is 6.38. The molecule has 0 unspecified atom stereocenters. The summed E-state index contributed by atoms with van der Waals surface area (Å²) < 4.78 is 35.1. The van der Waals surface area contributed by atoms with E-state index in [0.717, 1.165) is 49.4 Å². The number of aryl methyl sites for hydroxylation is 1. The Hall–Kier alpha value is -2.55. The highest BCUT2D eigenvalue weighted by molar-refractivity contribution is 7.90. The summed E-state index contributed by atoms with van der Waals surface area (Å²) in [6.45, 7) is 3.74. The molecular formula is C32H39ClN2O5S. The molecule has 41 heavy (non-hydrogen) atoms. The maximum absolute atomic E-state index is 13.3. The fraction of sp³-hybridized carbons (Fsp3) is 0.531. The Morgan fingerprint density at radius 1 is 1.15 bits per heavy atom. The molecule has 2 aliphatic heterocycles. The molecule has 9 heteroatoms. The average Bonchev–Trinajstić information content (AvgIpc) is 3.07. The Bertz CT molecular complexity index is 1460. The molecule has 2 aliphatic carbocycles. The van der Waals surface area contributed by atoms with E-state index in [9.17, 15) is 18.3 Å². The van der Waals surface area contributed by atoms with E-state index in [-0.39, 0.29) is 16.9 Å². The SMILES string of the molecule is CC[C@H]1C/C=C\C[C@H](O)[C@@H]2CC[C@H]2CN2C[C@@]3(CCCc4cc(Cl)ccc43)COc3ccc(cc32)C(=O)NS1(=O)=O. The predicted octanol–water partition coefficient (Wildman–Crippen LogP) is 5.39. The summed E-state index contributed by atoms with van der Waals surface area (Å²) in [4.78, 5) is 15.6. The second-order valence-electron chi connectivity index (χ2n) is 12.3. The second kappa shape index (κ2) is 11.3. The molecule has 1 amide bonds. The van der Waals surface area contributed by atoms with E-state index in [4.69, 9.17) is 16.3 Å². The maximum Gasteiger partial charge on any atom is 0.264 e. The van der Waals surface area contributed by atoms with Crippen LogP contribution in [0, 0.1) is 11.8 Å². The van der Waals surface area contributed by atoms with Crippen molar-refractivity contribution in [3.8, 4) is 5.75 Å². The highest BCUT2D eigenvalue weighted by Gasteiger charge is 2.44. The second-order valence-corrected chi connectivity index (χ2v) is 14.7. The van der Waals surface area contributed by atoms with E-state index in [1.54, 1.807) is 25.1 Å². The van der Waals surface area contributed by atoms with Crippen LogP contribution in [0.15, 0.2) is 48.6 Å². The average molecular weight is 599 g/mol. The van der Waals surface area contributed by atoms with Gasteiger partial charge in [-0.3, -0.25) is 4.79 Å². The number of hydrogen-bond donors (Lipinski definition) is 2. The van der Waals surface area contributed by atoms with Crippen LogP contribution in [0.3, 0.4) is 0 Å². The van der Waals surface area contributed by atoms with E-state index in [1.807, 2.05) is 18.2 Å². The lowest BCUT2D eigenvalue weighted by molar-refractivity contribution is 0.0177. The van der Waals surface area contributed by atoms with Gasteiger partial charge in [0.05, 0.1) is 23.6 Å². The molecule has 5 atom stereocenters. The van der Waals surface area contributed by atoms with Crippen LogP contribution >= 0.6 is 11.6 Å². The molecular weight excluding hydrogens is 560 g/mol. The first kappa shape index (κ1) is 28.6. The van der Waals surface area contributed by atoms with Crippen molar-refractivity contribution in [1.82, 2.24) is 4.72 Å². The number of carbonyl (C=O) groups excluding carboxylic acids is 1. The minimum atomic E-state index is -3.89. The Labute approximate surface area is 248 Å². The third-order valence-electron chi connectivity index (χ3n) is 9.80. The number of ether oxygens (including phenoxy) is 1. The van der Waals surface area contributed by atoms with Gasteiger partial charge in [0, 0.05) is 29.1 Å². The molecule has 4 aliphatic rings. The van der Waals surface area contributed by atoms with Crippen molar-refractivity contribution < 1.29 is 23.1 Å². The van der Waals surface area contributed by atoms with Gasteiger partial charge in [-0.1, -0.05) is 36.7 Å². The highest BCUT2D eigenvalue weighted by atomic mass is 35.5. The molecule has 2 aromatic carbocycles. The van der Waals surface area contributed by atoms with Gasteiger partial charge in [-0.25, -0.2) is 13.1 Å². The van der Waals surface area contributed by atoms with Gasteiger partial charge in [0.15, 0.2) is 0 Å². The zero-order chi connectivity index (χ0) is 28.8. The van der Waals surface area contributed by atoms with Crippen molar-refractivity contribution in [2.75, 3.05) is 24.6 Å². The number of benzene rings is 2. The Kier molecular flexibility index (Phi) is 7.85. The molecule has 2 bridgehead atoms. The molecule has 1 fully saturated rings. The largest absolute Gasteiger partial charge is 0.490 e. The van der Waals surface area contributed by atoms with E-state index < -0.39 is 27.3 Å². The zero-order valence-corrected chi connectivity index (χ0v) is 25.1. The fourth-order valence-electron chi connectivity index (χ4n) is 7.31.